The van der Waals surface area contributed by atoms with E-state index in [1.165, 1.54) is 23.5 Å². The predicted octanol–water partition coefficient (Wildman–Crippen LogP) is 4.03. The number of pyridine rings is 1. The normalized spacial score (nSPS) is 11.4. The predicted molar refractivity (Wildman–Crippen MR) is 114 cm³/mol. The van der Waals surface area contributed by atoms with Gasteiger partial charge in [0.05, 0.1) is 16.1 Å². The molecule has 0 aliphatic carbocycles. The highest BCUT2D eigenvalue weighted by molar-refractivity contribution is 7.89. The van der Waals surface area contributed by atoms with Gasteiger partial charge in [0.15, 0.2) is 0 Å². The minimum atomic E-state index is -3.74. The second-order valence-corrected chi connectivity index (χ2v) is 9.07. The number of nitrogens with one attached hydrogen (secondary N) is 2. The number of rotatable bonds is 6. The van der Waals surface area contributed by atoms with E-state index in [0.717, 1.165) is 10.3 Å². The van der Waals surface area contributed by atoms with Gasteiger partial charge in [-0.2, -0.15) is 0 Å². The fraction of sp³-hybridized carbons (Fsp3) is 0.0476. The molecule has 0 unspecified atom stereocenters. The molecule has 2 N–H and O–H groups in total. The van der Waals surface area contributed by atoms with Gasteiger partial charge in [0.1, 0.15) is 0 Å². The van der Waals surface area contributed by atoms with Crippen molar-refractivity contribution in [1.82, 2.24) is 9.71 Å². The Morgan fingerprint density at radius 3 is 2.66 bits per heavy atom. The third-order valence-electron chi connectivity index (χ3n) is 4.30. The number of carbonyl (C=O) groups is 1. The van der Waals surface area contributed by atoms with Crippen molar-refractivity contribution in [2.45, 2.75) is 11.4 Å². The molecule has 0 radical (unpaired) electrons. The summed E-state index contributed by atoms with van der Waals surface area (Å²) in [4.78, 5) is 18.0. The first-order chi connectivity index (χ1) is 14.0. The molecule has 2 aromatic carbocycles. The van der Waals surface area contributed by atoms with Gasteiger partial charge in [-0.15, -0.1) is 11.3 Å². The van der Waals surface area contributed by atoms with Crippen LogP contribution in [0.1, 0.15) is 15.2 Å². The maximum atomic E-state index is 12.7. The summed E-state index contributed by atoms with van der Waals surface area (Å²) < 4.78 is 27.7. The fourth-order valence-corrected chi connectivity index (χ4v) is 4.65. The van der Waals surface area contributed by atoms with Gasteiger partial charge in [-0.1, -0.05) is 30.3 Å². The van der Waals surface area contributed by atoms with Crippen LogP contribution >= 0.6 is 11.3 Å². The van der Waals surface area contributed by atoms with Crippen molar-refractivity contribution in [3.05, 3.63) is 88.7 Å². The summed E-state index contributed by atoms with van der Waals surface area (Å²) in [5.74, 6) is -0.404. The van der Waals surface area contributed by atoms with E-state index < -0.39 is 15.9 Å². The number of hydrogen-bond donors (Lipinski definition) is 2. The van der Waals surface area contributed by atoms with E-state index in [4.69, 9.17) is 0 Å². The van der Waals surface area contributed by atoms with Gasteiger partial charge in [-0.25, -0.2) is 13.1 Å². The van der Waals surface area contributed by atoms with Crippen LogP contribution in [-0.4, -0.2) is 19.3 Å². The highest BCUT2D eigenvalue weighted by Crippen LogP contribution is 2.22. The van der Waals surface area contributed by atoms with E-state index in [1.54, 1.807) is 24.4 Å². The number of anilines is 1. The number of amides is 1. The lowest BCUT2D eigenvalue weighted by Gasteiger charge is -2.10. The number of thiophene rings is 1. The zero-order valence-corrected chi connectivity index (χ0v) is 16.8. The topological polar surface area (TPSA) is 88.2 Å². The van der Waals surface area contributed by atoms with Crippen LogP contribution in [0.5, 0.6) is 0 Å². The maximum absolute atomic E-state index is 12.7. The Labute approximate surface area is 172 Å². The molecular weight excluding hydrogens is 406 g/mol. The first kappa shape index (κ1) is 19.3. The van der Waals surface area contributed by atoms with Crippen LogP contribution in [-0.2, 0) is 16.6 Å². The van der Waals surface area contributed by atoms with Gasteiger partial charge in [0.2, 0.25) is 10.0 Å². The number of nitrogens with zero attached hydrogens (tertiary/aromatic N) is 1. The molecule has 0 atom stereocenters. The Morgan fingerprint density at radius 2 is 1.83 bits per heavy atom. The molecule has 2 heterocycles. The molecule has 4 aromatic rings. The summed E-state index contributed by atoms with van der Waals surface area (Å²) in [6.07, 6.45) is 1.66. The third-order valence-corrected chi connectivity index (χ3v) is 6.58. The average molecular weight is 424 g/mol. The van der Waals surface area contributed by atoms with E-state index >= 15 is 0 Å². The monoisotopic (exact) mass is 423 g/mol. The van der Waals surface area contributed by atoms with Crippen LogP contribution in [0.4, 0.5) is 5.69 Å². The molecule has 29 heavy (non-hydrogen) atoms. The first-order valence-corrected chi connectivity index (χ1v) is 11.2. The highest BCUT2D eigenvalue weighted by Gasteiger charge is 2.17. The van der Waals surface area contributed by atoms with E-state index in [0.29, 0.717) is 11.2 Å². The number of benzene rings is 2. The number of fused-ring (bicyclic) bond motifs is 1. The molecular formula is C21H17N3O3S2. The Morgan fingerprint density at radius 1 is 1.00 bits per heavy atom. The molecule has 0 saturated carbocycles. The maximum Gasteiger partial charge on any atom is 0.255 e. The van der Waals surface area contributed by atoms with Crippen molar-refractivity contribution in [3.8, 4) is 0 Å². The quantitative estimate of drug-likeness (QED) is 0.490. The summed E-state index contributed by atoms with van der Waals surface area (Å²) >= 11 is 1.47. The Balaban J connectivity index is 1.55. The number of para-hydroxylation sites is 1. The number of sulfonamides is 1. The lowest BCUT2D eigenvalue weighted by Crippen LogP contribution is -2.23. The Hall–Kier alpha value is -3.07. The van der Waals surface area contributed by atoms with Gasteiger partial charge in [0, 0.05) is 28.6 Å². The van der Waals surface area contributed by atoms with Crippen LogP contribution in [0.2, 0.25) is 0 Å². The van der Waals surface area contributed by atoms with Crippen molar-refractivity contribution in [1.29, 1.82) is 0 Å². The Kier molecular flexibility index (Phi) is 5.39. The highest BCUT2D eigenvalue weighted by atomic mass is 32.2. The smallest absolute Gasteiger partial charge is 0.255 e. The minimum absolute atomic E-state index is 0.0396. The molecule has 0 spiro atoms. The van der Waals surface area contributed by atoms with Gasteiger partial charge >= 0.3 is 0 Å². The molecule has 8 heteroatoms. The van der Waals surface area contributed by atoms with Crippen molar-refractivity contribution >= 4 is 43.9 Å². The van der Waals surface area contributed by atoms with Gasteiger partial charge in [-0.05, 0) is 41.8 Å². The minimum Gasteiger partial charge on any atom is -0.320 e. The third kappa shape index (κ3) is 4.34. The van der Waals surface area contributed by atoms with Crippen molar-refractivity contribution in [2.24, 2.45) is 0 Å². The summed E-state index contributed by atoms with van der Waals surface area (Å²) in [6.45, 7) is 0.206. The van der Waals surface area contributed by atoms with E-state index in [9.17, 15) is 13.2 Å². The van der Waals surface area contributed by atoms with Gasteiger partial charge in [0.25, 0.3) is 5.91 Å². The van der Waals surface area contributed by atoms with Crippen LogP contribution < -0.4 is 10.0 Å². The molecule has 0 aliphatic heterocycles. The summed E-state index contributed by atoms with van der Waals surface area (Å²) in [5, 5.41) is 5.61. The van der Waals surface area contributed by atoms with E-state index in [-0.39, 0.29) is 17.0 Å². The number of carbonyl (C=O) groups excluding carboxylic acids is 1. The molecule has 146 valence electrons. The summed E-state index contributed by atoms with van der Waals surface area (Å²) in [7, 11) is -3.74. The largest absolute Gasteiger partial charge is 0.320 e. The second kappa shape index (κ2) is 8.12. The zero-order chi connectivity index (χ0) is 20.3. The number of aromatic nitrogens is 1. The Bertz CT molecular complexity index is 1260. The van der Waals surface area contributed by atoms with E-state index in [1.807, 2.05) is 41.8 Å². The summed E-state index contributed by atoms with van der Waals surface area (Å²) in [5.41, 5.74) is 1.49. The molecule has 4 rings (SSSR count). The van der Waals surface area contributed by atoms with Crippen molar-refractivity contribution < 1.29 is 13.2 Å². The van der Waals surface area contributed by atoms with Gasteiger partial charge in [-0.3, -0.25) is 9.78 Å². The van der Waals surface area contributed by atoms with Crippen molar-refractivity contribution in [2.75, 3.05) is 5.32 Å². The fourth-order valence-electron chi connectivity index (χ4n) is 2.87. The standard InChI is InChI=1S/C21H17N3O3S2/c25-21(24-19-10-2-5-15-7-3-11-22-20(15)19)16-6-1-9-18(13-16)29(26,27)23-14-17-8-4-12-28-17/h1-13,23H,14H2,(H,24,25). The SMILES string of the molecule is O=C(Nc1cccc2cccnc12)c1cccc(S(=O)(=O)NCc2cccs2)c1. The lowest BCUT2D eigenvalue weighted by molar-refractivity contribution is 0.102. The molecule has 0 saturated heterocycles. The van der Waals surface area contributed by atoms with E-state index in [2.05, 4.69) is 15.0 Å². The zero-order valence-electron chi connectivity index (χ0n) is 15.2. The van der Waals surface area contributed by atoms with Gasteiger partial charge < -0.3 is 5.32 Å². The van der Waals surface area contributed by atoms with Crippen LogP contribution in [0.3, 0.4) is 0 Å². The van der Waals surface area contributed by atoms with Crippen molar-refractivity contribution in [3.63, 3.8) is 0 Å². The van der Waals surface area contributed by atoms with Crippen LogP contribution in [0, 0.1) is 0 Å². The molecule has 0 aliphatic rings. The van der Waals surface area contributed by atoms with Crippen LogP contribution in [0.15, 0.2) is 83.2 Å². The number of hydrogen-bond acceptors (Lipinski definition) is 5. The average Bonchev–Trinajstić information content (AvgIpc) is 3.26. The first-order valence-electron chi connectivity index (χ1n) is 8.80. The summed E-state index contributed by atoms with van der Waals surface area (Å²) in [6, 6.07) is 18.9. The molecule has 6 nitrogen and oxygen atoms in total. The lowest BCUT2D eigenvalue weighted by atomic mass is 10.1. The molecule has 1 amide bonds. The molecule has 2 aromatic heterocycles. The van der Waals surface area contributed by atoms with Crippen LogP contribution in [0.25, 0.3) is 10.9 Å². The second-order valence-electron chi connectivity index (χ2n) is 6.27. The molecule has 0 bridgehead atoms. The molecule has 0 fully saturated rings.